The Hall–Kier alpha value is -0.650. The van der Waals surface area contributed by atoms with E-state index in [1.165, 1.54) is 0 Å². The van der Waals surface area contributed by atoms with Gasteiger partial charge in [0.25, 0.3) is 0 Å². The maximum absolute atomic E-state index is 10.5. The molecule has 0 heterocycles. The lowest BCUT2D eigenvalue weighted by Crippen LogP contribution is -2.48. The Bertz CT molecular complexity index is 152. The summed E-state index contributed by atoms with van der Waals surface area (Å²) < 4.78 is 0. The van der Waals surface area contributed by atoms with E-state index in [1.807, 2.05) is 0 Å². The predicted molar refractivity (Wildman–Crippen MR) is 40.5 cm³/mol. The quantitative estimate of drug-likeness (QED) is 0.424. The minimum atomic E-state index is -1.92. The molecule has 5 heteroatoms. The van der Waals surface area contributed by atoms with E-state index in [1.54, 1.807) is 6.92 Å². The number of carboxylic acids is 1. The van der Waals surface area contributed by atoms with Gasteiger partial charge in [0.2, 0.25) is 0 Å². The molecule has 12 heavy (non-hydrogen) atoms. The molecule has 4 N–H and O–H groups in total. The first-order valence-corrected chi connectivity index (χ1v) is 3.68. The Labute approximate surface area is 70.3 Å². The molecule has 0 aromatic carbocycles. The van der Waals surface area contributed by atoms with Gasteiger partial charge in [0.05, 0.1) is 19.1 Å². The highest BCUT2D eigenvalue weighted by atomic mass is 16.4. The molecule has 0 rings (SSSR count). The molecule has 0 aromatic rings. The molecule has 1 atom stereocenters. The van der Waals surface area contributed by atoms with Crippen LogP contribution in [0, 0.1) is 5.92 Å². The average Bonchev–Trinajstić information content (AvgIpc) is 2.04. The lowest BCUT2D eigenvalue weighted by molar-refractivity contribution is -0.161. The first kappa shape index (κ1) is 11.4. The first-order valence-electron chi connectivity index (χ1n) is 3.68. The Balaban J connectivity index is 4.54. The fourth-order valence-corrected chi connectivity index (χ4v) is 1.05. The largest absolute Gasteiger partial charge is 0.481 e. The van der Waals surface area contributed by atoms with Crippen LogP contribution in [-0.4, -0.2) is 45.2 Å². The summed E-state index contributed by atoms with van der Waals surface area (Å²) in [6.45, 7) is 0.0533. The average molecular weight is 178 g/mol. The highest BCUT2D eigenvalue weighted by Crippen LogP contribution is 2.20. The number of rotatable bonds is 5. The van der Waals surface area contributed by atoms with Crippen LogP contribution in [0.2, 0.25) is 0 Å². The second kappa shape index (κ2) is 4.39. The summed E-state index contributed by atoms with van der Waals surface area (Å²) in [5, 5.41) is 35.3. The monoisotopic (exact) mass is 178 g/mol. The van der Waals surface area contributed by atoms with Crippen molar-refractivity contribution in [3.63, 3.8) is 0 Å². The van der Waals surface area contributed by atoms with E-state index < -0.39 is 30.7 Å². The van der Waals surface area contributed by atoms with Crippen molar-refractivity contribution in [1.82, 2.24) is 0 Å². The van der Waals surface area contributed by atoms with Crippen molar-refractivity contribution in [1.29, 1.82) is 0 Å². The molecule has 0 aliphatic rings. The van der Waals surface area contributed by atoms with Gasteiger partial charge in [0, 0.05) is 0 Å². The van der Waals surface area contributed by atoms with Gasteiger partial charge in [-0.3, -0.25) is 4.79 Å². The van der Waals surface area contributed by atoms with E-state index in [0.29, 0.717) is 0 Å². The van der Waals surface area contributed by atoms with Crippen molar-refractivity contribution in [2.24, 2.45) is 5.92 Å². The van der Waals surface area contributed by atoms with Crippen molar-refractivity contribution >= 4 is 5.97 Å². The normalized spacial score (nSPS) is 14.3. The summed E-state index contributed by atoms with van der Waals surface area (Å²) in [7, 11) is 0. The topological polar surface area (TPSA) is 98.0 Å². The fourth-order valence-electron chi connectivity index (χ4n) is 1.05. The number of aliphatic carboxylic acids is 1. The van der Waals surface area contributed by atoms with Crippen molar-refractivity contribution in [3.8, 4) is 0 Å². The van der Waals surface area contributed by atoms with E-state index in [4.69, 9.17) is 15.3 Å². The summed E-state index contributed by atoms with van der Waals surface area (Å²) in [6.07, 6.45) is 0.160. The zero-order chi connectivity index (χ0) is 9.78. The highest BCUT2D eigenvalue weighted by Gasteiger charge is 2.39. The highest BCUT2D eigenvalue weighted by molar-refractivity contribution is 5.71. The summed E-state index contributed by atoms with van der Waals surface area (Å²) in [4.78, 5) is 10.5. The summed E-state index contributed by atoms with van der Waals surface area (Å²) in [5.74, 6) is -2.35. The van der Waals surface area contributed by atoms with Gasteiger partial charge in [-0.05, 0) is 6.42 Å². The second-order valence-electron chi connectivity index (χ2n) is 2.72. The lowest BCUT2D eigenvalue weighted by atomic mass is 9.87. The third-order valence-electron chi connectivity index (χ3n) is 1.90. The number of aliphatic hydroxyl groups excluding tert-OH is 2. The van der Waals surface area contributed by atoms with E-state index >= 15 is 0 Å². The molecule has 0 fully saturated rings. The molecule has 0 saturated carbocycles. The molecular weight excluding hydrogens is 164 g/mol. The Morgan fingerprint density at radius 2 is 1.83 bits per heavy atom. The molecular formula is C7H14O5. The number of carbonyl (C=O) groups is 1. The van der Waals surface area contributed by atoms with Gasteiger partial charge in [-0.1, -0.05) is 6.92 Å². The fraction of sp³-hybridized carbons (Fsp3) is 0.857. The van der Waals surface area contributed by atoms with Crippen molar-refractivity contribution < 1.29 is 25.2 Å². The number of carboxylic acid groups (broad SMARTS) is 1. The van der Waals surface area contributed by atoms with Gasteiger partial charge < -0.3 is 20.4 Å². The van der Waals surface area contributed by atoms with Crippen molar-refractivity contribution in [2.75, 3.05) is 13.2 Å². The maximum Gasteiger partial charge on any atom is 0.309 e. The Morgan fingerprint density at radius 3 is 1.92 bits per heavy atom. The zero-order valence-electron chi connectivity index (χ0n) is 6.90. The minimum absolute atomic E-state index is 0.160. The molecule has 0 bridgehead atoms. The van der Waals surface area contributed by atoms with E-state index in [0.717, 1.165) is 0 Å². The van der Waals surface area contributed by atoms with Gasteiger partial charge >= 0.3 is 5.97 Å². The zero-order valence-corrected chi connectivity index (χ0v) is 6.90. The van der Waals surface area contributed by atoms with E-state index in [-0.39, 0.29) is 6.42 Å². The van der Waals surface area contributed by atoms with Crippen LogP contribution >= 0.6 is 0 Å². The molecule has 0 aromatic heterocycles. The minimum Gasteiger partial charge on any atom is -0.481 e. The van der Waals surface area contributed by atoms with E-state index in [9.17, 15) is 9.90 Å². The Kier molecular flexibility index (Phi) is 4.16. The number of aliphatic hydroxyl groups is 3. The summed E-state index contributed by atoms with van der Waals surface area (Å²) >= 11 is 0. The third kappa shape index (κ3) is 2.17. The van der Waals surface area contributed by atoms with Gasteiger partial charge in [0.1, 0.15) is 5.60 Å². The van der Waals surface area contributed by atoms with Gasteiger partial charge in [-0.15, -0.1) is 0 Å². The lowest BCUT2D eigenvalue weighted by Gasteiger charge is -2.28. The molecule has 0 radical (unpaired) electrons. The van der Waals surface area contributed by atoms with Gasteiger partial charge in [-0.25, -0.2) is 0 Å². The second-order valence-corrected chi connectivity index (χ2v) is 2.72. The smallest absolute Gasteiger partial charge is 0.309 e. The molecule has 1 unspecified atom stereocenters. The van der Waals surface area contributed by atoms with Crippen LogP contribution in [0.3, 0.4) is 0 Å². The number of hydrogen-bond donors (Lipinski definition) is 4. The molecule has 5 nitrogen and oxygen atoms in total. The van der Waals surface area contributed by atoms with Crippen LogP contribution in [-0.2, 0) is 4.79 Å². The molecule has 72 valence electrons. The maximum atomic E-state index is 10.5. The first-order chi connectivity index (χ1) is 5.51. The molecule has 0 aliphatic carbocycles. The van der Waals surface area contributed by atoms with Crippen LogP contribution in [0.15, 0.2) is 0 Å². The van der Waals surface area contributed by atoms with Crippen LogP contribution in [0.1, 0.15) is 13.3 Å². The van der Waals surface area contributed by atoms with Crippen LogP contribution in [0.4, 0.5) is 0 Å². The predicted octanol–water partition coefficient (Wildman–Crippen LogP) is -1.19. The third-order valence-corrected chi connectivity index (χ3v) is 1.90. The van der Waals surface area contributed by atoms with Gasteiger partial charge in [0.15, 0.2) is 0 Å². The van der Waals surface area contributed by atoms with Crippen LogP contribution < -0.4 is 0 Å². The number of hydrogen-bond acceptors (Lipinski definition) is 4. The molecule has 0 spiro atoms. The summed E-state index contributed by atoms with van der Waals surface area (Å²) in [6, 6.07) is 0. The molecule has 0 saturated heterocycles. The summed E-state index contributed by atoms with van der Waals surface area (Å²) in [5.41, 5.74) is -1.92. The molecule has 0 amide bonds. The SMILES string of the molecule is CCC(C(=O)O)C(O)(CO)CO. The Morgan fingerprint density at radius 1 is 1.42 bits per heavy atom. The van der Waals surface area contributed by atoms with Gasteiger partial charge in [-0.2, -0.15) is 0 Å². The van der Waals surface area contributed by atoms with E-state index in [2.05, 4.69) is 0 Å². The van der Waals surface area contributed by atoms with Crippen molar-refractivity contribution in [2.45, 2.75) is 18.9 Å². The molecule has 0 aliphatic heterocycles. The standard InChI is InChI=1S/C7H14O5/c1-2-5(6(10)11)7(12,3-8)4-9/h5,8-9,12H,2-4H2,1H3,(H,10,11). The van der Waals surface area contributed by atoms with Crippen molar-refractivity contribution in [3.05, 3.63) is 0 Å². The van der Waals surface area contributed by atoms with Crippen LogP contribution in [0.25, 0.3) is 0 Å². The van der Waals surface area contributed by atoms with Crippen LogP contribution in [0.5, 0.6) is 0 Å².